The molecule has 0 unspecified atom stereocenters. The highest BCUT2D eigenvalue weighted by Gasteiger charge is 2.21. The molecule has 1 aromatic heterocycles. The van der Waals surface area contributed by atoms with Gasteiger partial charge in [0.15, 0.2) is 0 Å². The zero-order valence-electron chi connectivity index (χ0n) is 15.5. The first-order chi connectivity index (χ1) is 12.5. The number of hydrogen-bond acceptors (Lipinski definition) is 5. The summed E-state index contributed by atoms with van der Waals surface area (Å²) in [5.41, 5.74) is 0.369. The van der Waals surface area contributed by atoms with Crippen LogP contribution in [0.2, 0.25) is 0 Å². The van der Waals surface area contributed by atoms with Crippen molar-refractivity contribution in [1.82, 2.24) is 25.2 Å². The molecule has 0 spiro atoms. The van der Waals surface area contributed by atoms with E-state index in [-0.39, 0.29) is 24.4 Å². The number of carbonyl (C=O) groups is 1. The van der Waals surface area contributed by atoms with E-state index in [1.165, 1.54) is 11.1 Å². The average molecular weight is 357 g/mol. The van der Waals surface area contributed by atoms with Gasteiger partial charge in [0, 0.05) is 25.6 Å². The molecule has 2 heterocycles. The third-order valence-electron chi connectivity index (χ3n) is 5.05. The number of carbonyl (C=O) groups excluding carboxylic acids is 1. The normalized spacial score (nSPS) is 18.3. The van der Waals surface area contributed by atoms with E-state index >= 15 is 0 Å². The van der Waals surface area contributed by atoms with Crippen LogP contribution in [0.4, 0.5) is 0 Å². The van der Waals surface area contributed by atoms with Crippen molar-refractivity contribution in [2.45, 2.75) is 45.7 Å². The number of nitrogens with one attached hydrogen (secondary N) is 1. The van der Waals surface area contributed by atoms with Crippen molar-refractivity contribution in [3.8, 4) is 0 Å². The largest absolute Gasteiger partial charge is 0.356 e. The van der Waals surface area contributed by atoms with Gasteiger partial charge >= 0.3 is 0 Å². The molecule has 1 N–H and O–H groups in total. The van der Waals surface area contributed by atoms with Gasteiger partial charge in [0.2, 0.25) is 5.91 Å². The Morgan fingerprint density at radius 2 is 2.15 bits per heavy atom. The summed E-state index contributed by atoms with van der Waals surface area (Å²) in [4.78, 5) is 27.0. The second-order valence-electron chi connectivity index (χ2n) is 7.29. The Hall–Kier alpha value is -2.28. The van der Waals surface area contributed by atoms with Gasteiger partial charge in [-0.3, -0.25) is 9.59 Å². The van der Waals surface area contributed by atoms with E-state index in [1.807, 2.05) is 6.07 Å². The van der Waals surface area contributed by atoms with Crippen molar-refractivity contribution in [2.24, 2.45) is 5.92 Å². The van der Waals surface area contributed by atoms with Crippen molar-refractivity contribution >= 4 is 16.8 Å². The second-order valence-corrected chi connectivity index (χ2v) is 7.29. The fourth-order valence-corrected chi connectivity index (χ4v) is 3.46. The van der Waals surface area contributed by atoms with Gasteiger partial charge in [-0.05, 0) is 51.3 Å². The summed E-state index contributed by atoms with van der Waals surface area (Å²) in [6, 6.07) is 7.65. The molecule has 1 aliphatic heterocycles. The first kappa shape index (κ1) is 18.5. The maximum absolute atomic E-state index is 12.4. The lowest BCUT2D eigenvalue weighted by molar-refractivity contribution is -0.121. The second kappa shape index (κ2) is 8.40. The van der Waals surface area contributed by atoms with Crippen molar-refractivity contribution in [1.29, 1.82) is 0 Å². The standard InChI is InChI=1S/C19H27N5O2/c1-14(2)23-10-5-6-15(13-23)12-20-18(25)9-11-24-19(26)16-7-3-4-8-17(16)21-22-24/h3-4,7-8,14-15H,5-6,9-13H2,1-2H3,(H,20,25)/t15-/m0/s1. The lowest BCUT2D eigenvalue weighted by Gasteiger charge is -2.35. The maximum atomic E-state index is 12.4. The van der Waals surface area contributed by atoms with Crippen LogP contribution in [0, 0.1) is 5.92 Å². The predicted octanol–water partition coefficient (Wildman–Crippen LogP) is 1.42. The Balaban J connectivity index is 1.50. The van der Waals surface area contributed by atoms with E-state index in [1.54, 1.807) is 18.2 Å². The van der Waals surface area contributed by atoms with Crippen LogP contribution in [0.3, 0.4) is 0 Å². The molecule has 1 fully saturated rings. The van der Waals surface area contributed by atoms with Crippen molar-refractivity contribution in [2.75, 3.05) is 19.6 Å². The minimum Gasteiger partial charge on any atom is -0.356 e. The SMILES string of the molecule is CC(C)N1CCC[C@@H](CNC(=O)CCn2nnc3ccccc3c2=O)C1. The molecule has 7 nitrogen and oxygen atoms in total. The zero-order valence-corrected chi connectivity index (χ0v) is 15.5. The van der Waals surface area contributed by atoms with Gasteiger partial charge in [0.05, 0.1) is 11.9 Å². The topological polar surface area (TPSA) is 80.1 Å². The Kier molecular flexibility index (Phi) is 5.98. The Labute approximate surface area is 153 Å². The van der Waals surface area contributed by atoms with E-state index < -0.39 is 0 Å². The first-order valence-corrected chi connectivity index (χ1v) is 9.38. The number of benzene rings is 1. The van der Waals surface area contributed by atoms with Crippen LogP contribution in [-0.2, 0) is 11.3 Å². The average Bonchev–Trinajstić information content (AvgIpc) is 2.66. The quantitative estimate of drug-likeness (QED) is 0.846. The molecule has 26 heavy (non-hydrogen) atoms. The van der Waals surface area contributed by atoms with Gasteiger partial charge in [-0.15, -0.1) is 5.10 Å². The van der Waals surface area contributed by atoms with Crippen LogP contribution < -0.4 is 10.9 Å². The third kappa shape index (κ3) is 4.46. The lowest BCUT2D eigenvalue weighted by atomic mass is 9.97. The number of amides is 1. The Morgan fingerprint density at radius 3 is 2.96 bits per heavy atom. The van der Waals surface area contributed by atoms with Gasteiger partial charge in [-0.1, -0.05) is 17.3 Å². The highest BCUT2D eigenvalue weighted by molar-refractivity contribution is 5.77. The van der Waals surface area contributed by atoms with Gasteiger partial charge in [-0.25, -0.2) is 4.68 Å². The molecule has 0 saturated carbocycles. The van der Waals surface area contributed by atoms with Crippen LogP contribution in [0.25, 0.3) is 10.9 Å². The molecule has 140 valence electrons. The van der Waals surface area contributed by atoms with Crippen molar-refractivity contribution in [3.05, 3.63) is 34.6 Å². The van der Waals surface area contributed by atoms with Crippen LogP contribution in [0.15, 0.2) is 29.1 Å². The number of aryl methyl sites for hydroxylation is 1. The van der Waals surface area contributed by atoms with Crippen molar-refractivity contribution < 1.29 is 4.79 Å². The molecule has 0 aliphatic carbocycles. The molecule has 0 bridgehead atoms. The number of nitrogens with zero attached hydrogens (tertiary/aromatic N) is 4. The molecular formula is C19H27N5O2. The Bertz CT molecular complexity index is 817. The maximum Gasteiger partial charge on any atom is 0.277 e. The van der Waals surface area contributed by atoms with Gasteiger partial charge in [0.1, 0.15) is 5.52 Å². The number of piperidine rings is 1. The van der Waals surface area contributed by atoms with Crippen LogP contribution >= 0.6 is 0 Å². The number of fused-ring (bicyclic) bond motifs is 1. The van der Waals surface area contributed by atoms with E-state index in [2.05, 4.69) is 34.4 Å². The molecule has 3 rings (SSSR count). The minimum absolute atomic E-state index is 0.0477. The first-order valence-electron chi connectivity index (χ1n) is 9.38. The van der Waals surface area contributed by atoms with Gasteiger partial charge in [0.25, 0.3) is 5.56 Å². The number of rotatable bonds is 6. The Morgan fingerprint density at radius 1 is 1.35 bits per heavy atom. The van der Waals surface area contributed by atoms with Crippen LogP contribution in [-0.4, -0.2) is 51.5 Å². The summed E-state index contributed by atoms with van der Waals surface area (Å²) in [5.74, 6) is 0.451. The molecule has 1 aromatic carbocycles. The van der Waals surface area contributed by atoms with E-state index in [0.717, 1.165) is 19.5 Å². The van der Waals surface area contributed by atoms with Crippen molar-refractivity contribution in [3.63, 3.8) is 0 Å². The molecule has 1 amide bonds. The number of hydrogen-bond donors (Lipinski definition) is 1. The molecular weight excluding hydrogens is 330 g/mol. The summed E-state index contributed by atoms with van der Waals surface area (Å²) in [5, 5.41) is 11.5. The van der Waals surface area contributed by atoms with Crippen LogP contribution in [0.5, 0.6) is 0 Å². The van der Waals surface area contributed by atoms with Crippen LogP contribution in [0.1, 0.15) is 33.1 Å². The minimum atomic E-state index is -0.205. The van der Waals surface area contributed by atoms with E-state index in [4.69, 9.17) is 0 Å². The highest BCUT2D eigenvalue weighted by atomic mass is 16.2. The molecule has 1 aliphatic rings. The van der Waals surface area contributed by atoms with E-state index in [9.17, 15) is 9.59 Å². The fraction of sp³-hybridized carbons (Fsp3) is 0.579. The summed E-state index contributed by atoms with van der Waals surface area (Å²) in [6.07, 6.45) is 2.56. The third-order valence-corrected chi connectivity index (χ3v) is 5.05. The smallest absolute Gasteiger partial charge is 0.277 e. The molecule has 0 radical (unpaired) electrons. The number of likely N-dealkylation sites (tertiary alicyclic amines) is 1. The van der Waals surface area contributed by atoms with Gasteiger partial charge < -0.3 is 10.2 Å². The monoisotopic (exact) mass is 357 g/mol. The lowest BCUT2D eigenvalue weighted by Crippen LogP contribution is -2.43. The summed E-state index contributed by atoms with van der Waals surface area (Å²) in [7, 11) is 0. The fourth-order valence-electron chi connectivity index (χ4n) is 3.46. The number of aromatic nitrogens is 3. The molecule has 2 aromatic rings. The summed E-state index contributed by atoms with van der Waals surface area (Å²) >= 11 is 0. The molecule has 7 heteroatoms. The summed E-state index contributed by atoms with van der Waals surface area (Å²) < 4.78 is 1.27. The predicted molar refractivity (Wildman–Crippen MR) is 101 cm³/mol. The highest BCUT2D eigenvalue weighted by Crippen LogP contribution is 2.17. The van der Waals surface area contributed by atoms with Gasteiger partial charge in [-0.2, -0.15) is 0 Å². The molecule has 1 saturated heterocycles. The summed E-state index contributed by atoms with van der Waals surface area (Å²) in [6.45, 7) is 7.54. The zero-order chi connectivity index (χ0) is 18.5. The molecule has 1 atom stereocenters. The van der Waals surface area contributed by atoms with E-state index in [0.29, 0.717) is 29.4 Å².